The Kier molecular flexibility index (Phi) is 9.65. The molecule has 0 aliphatic heterocycles. The van der Waals surface area contributed by atoms with Gasteiger partial charge in [0.2, 0.25) is 0 Å². The van der Waals surface area contributed by atoms with Crippen LogP contribution in [0, 0.1) is 0 Å². The average molecular weight is 384 g/mol. The van der Waals surface area contributed by atoms with Crippen LogP contribution in [0.3, 0.4) is 0 Å². The maximum Gasteiger partial charge on any atom is 0.317 e. The highest BCUT2D eigenvalue weighted by Crippen LogP contribution is 2.12. The average Bonchev–Trinajstić information content (AvgIpc) is 2.62. The van der Waals surface area contributed by atoms with Gasteiger partial charge < -0.3 is 15.1 Å². The van der Waals surface area contributed by atoms with Crippen molar-refractivity contribution in [2.45, 2.75) is 45.1 Å². The zero-order valence-corrected chi connectivity index (χ0v) is 17.3. The van der Waals surface area contributed by atoms with Crippen molar-refractivity contribution in [1.29, 1.82) is 0 Å². The lowest BCUT2D eigenvalue weighted by Crippen LogP contribution is -2.46. The first-order valence-corrected chi connectivity index (χ1v) is 11.0. The molecule has 0 bridgehead atoms. The molecule has 7 heteroatoms. The van der Waals surface area contributed by atoms with Crippen molar-refractivity contribution < 1.29 is 13.2 Å². The van der Waals surface area contributed by atoms with E-state index in [0.717, 1.165) is 19.6 Å². The predicted molar refractivity (Wildman–Crippen MR) is 106 cm³/mol. The van der Waals surface area contributed by atoms with E-state index in [2.05, 4.69) is 24.1 Å². The monoisotopic (exact) mass is 383 g/mol. The van der Waals surface area contributed by atoms with Gasteiger partial charge in [0.15, 0.2) is 9.84 Å². The number of amides is 2. The summed E-state index contributed by atoms with van der Waals surface area (Å²) in [5.74, 6) is 0.0347. The summed E-state index contributed by atoms with van der Waals surface area (Å²) in [5.41, 5.74) is 0. The molecule has 2 amide bonds. The summed E-state index contributed by atoms with van der Waals surface area (Å²) in [7, 11) is -3.31. The van der Waals surface area contributed by atoms with E-state index in [0.29, 0.717) is 24.4 Å². The summed E-state index contributed by atoms with van der Waals surface area (Å²) < 4.78 is 24.7. The van der Waals surface area contributed by atoms with Gasteiger partial charge in [0.05, 0.1) is 10.6 Å². The minimum atomic E-state index is -3.31. The molecule has 1 N–H and O–H groups in total. The van der Waals surface area contributed by atoms with Gasteiger partial charge in [0, 0.05) is 25.7 Å². The summed E-state index contributed by atoms with van der Waals surface area (Å²) in [6, 6.07) is 8.33. The molecule has 0 aromatic heterocycles. The quantitative estimate of drug-likeness (QED) is 0.638. The van der Waals surface area contributed by atoms with E-state index < -0.39 is 9.84 Å². The summed E-state index contributed by atoms with van der Waals surface area (Å²) in [6.07, 6.45) is 0.416. The van der Waals surface area contributed by atoms with Crippen LogP contribution in [0.2, 0.25) is 0 Å². The van der Waals surface area contributed by atoms with Gasteiger partial charge in [0.25, 0.3) is 0 Å². The van der Waals surface area contributed by atoms with Crippen LogP contribution in [-0.4, -0.2) is 68.8 Å². The lowest BCUT2D eigenvalue weighted by atomic mass is 10.3. The zero-order valence-electron chi connectivity index (χ0n) is 16.4. The SMILES string of the molecule is CCN(CC)CCNC(=O)N(CCCS(=O)(=O)c1ccccc1)C(C)C. The normalized spacial score (nSPS) is 11.8. The molecule has 1 rings (SSSR count). The van der Waals surface area contributed by atoms with Crippen molar-refractivity contribution in [3.8, 4) is 0 Å². The molecule has 6 nitrogen and oxygen atoms in total. The molecule has 1 aromatic carbocycles. The molecule has 0 saturated heterocycles. The molecule has 0 saturated carbocycles. The molecular formula is C19H33N3O3S. The second kappa shape index (κ2) is 11.2. The molecule has 148 valence electrons. The van der Waals surface area contributed by atoms with Gasteiger partial charge in [0.1, 0.15) is 0 Å². The fraction of sp³-hybridized carbons (Fsp3) is 0.632. The Balaban J connectivity index is 2.51. The van der Waals surface area contributed by atoms with Gasteiger partial charge in [-0.1, -0.05) is 32.0 Å². The largest absolute Gasteiger partial charge is 0.337 e. The number of nitrogens with one attached hydrogen (secondary N) is 1. The Morgan fingerprint density at radius 3 is 2.23 bits per heavy atom. The highest BCUT2D eigenvalue weighted by Gasteiger charge is 2.19. The fourth-order valence-electron chi connectivity index (χ4n) is 2.73. The number of carbonyl (C=O) groups is 1. The summed E-state index contributed by atoms with van der Waals surface area (Å²) >= 11 is 0. The maximum absolute atomic E-state index is 12.4. The van der Waals surface area contributed by atoms with Crippen molar-refractivity contribution in [2.24, 2.45) is 0 Å². The predicted octanol–water partition coefficient (Wildman–Crippen LogP) is 2.61. The molecular weight excluding hydrogens is 350 g/mol. The first-order valence-electron chi connectivity index (χ1n) is 9.36. The molecule has 0 fully saturated rings. The number of hydrogen-bond donors (Lipinski definition) is 1. The van der Waals surface area contributed by atoms with Gasteiger partial charge in [-0.2, -0.15) is 0 Å². The number of benzene rings is 1. The summed E-state index contributed by atoms with van der Waals surface area (Å²) in [6.45, 7) is 11.8. The van der Waals surface area contributed by atoms with E-state index in [1.165, 1.54) is 0 Å². The van der Waals surface area contributed by atoms with Crippen LogP contribution in [0.4, 0.5) is 4.79 Å². The van der Waals surface area contributed by atoms with Gasteiger partial charge in [-0.25, -0.2) is 13.2 Å². The summed E-state index contributed by atoms with van der Waals surface area (Å²) in [4.78, 5) is 16.7. The van der Waals surface area contributed by atoms with Crippen molar-refractivity contribution >= 4 is 15.9 Å². The minimum absolute atomic E-state index is 0.0166. The Morgan fingerprint density at radius 1 is 1.08 bits per heavy atom. The van der Waals surface area contributed by atoms with E-state index >= 15 is 0 Å². The highest BCUT2D eigenvalue weighted by atomic mass is 32.2. The lowest BCUT2D eigenvalue weighted by molar-refractivity contribution is 0.181. The van der Waals surface area contributed by atoms with E-state index in [-0.39, 0.29) is 17.8 Å². The number of urea groups is 1. The Labute approximate surface area is 158 Å². The molecule has 0 aliphatic carbocycles. The highest BCUT2D eigenvalue weighted by molar-refractivity contribution is 7.91. The Hall–Kier alpha value is -1.60. The van der Waals surface area contributed by atoms with Gasteiger partial charge >= 0.3 is 6.03 Å². The van der Waals surface area contributed by atoms with Crippen LogP contribution in [0.15, 0.2) is 35.2 Å². The number of rotatable bonds is 11. The number of carbonyl (C=O) groups excluding carboxylic acids is 1. The molecule has 0 atom stereocenters. The molecule has 1 aromatic rings. The zero-order chi connectivity index (χ0) is 19.6. The fourth-order valence-corrected chi connectivity index (χ4v) is 4.04. The number of likely N-dealkylation sites (N-methyl/N-ethyl adjacent to an activating group) is 1. The summed E-state index contributed by atoms with van der Waals surface area (Å²) in [5, 5.41) is 2.94. The van der Waals surface area contributed by atoms with Crippen molar-refractivity contribution in [1.82, 2.24) is 15.1 Å². The van der Waals surface area contributed by atoms with E-state index in [9.17, 15) is 13.2 Å². The van der Waals surface area contributed by atoms with Crippen LogP contribution in [-0.2, 0) is 9.84 Å². The minimum Gasteiger partial charge on any atom is -0.337 e. The smallest absolute Gasteiger partial charge is 0.317 e. The lowest BCUT2D eigenvalue weighted by Gasteiger charge is -2.27. The van der Waals surface area contributed by atoms with Crippen LogP contribution < -0.4 is 5.32 Å². The van der Waals surface area contributed by atoms with Gasteiger partial charge in [-0.3, -0.25) is 0 Å². The molecule has 0 aliphatic rings. The first-order chi connectivity index (χ1) is 12.3. The van der Waals surface area contributed by atoms with Gasteiger partial charge in [-0.15, -0.1) is 0 Å². The number of sulfone groups is 1. The van der Waals surface area contributed by atoms with E-state index in [1.54, 1.807) is 35.2 Å². The first kappa shape index (κ1) is 22.4. The molecule has 0 heterocycles. The number of hydrogen-bond acceptors (Lipinski definition) is 4. The van der Waals surface area contributed by atoms with Crippen LogP contribution >= 0.6 is 0 Å². The van der Waals surface area contributed by atoms with Gasteiger partial charge in [-0.05, 0) is 45.5 Å². The Morgan fingerprint density at radius 2 is 1.69 bits per heavy atom. The third kappa shape index (κ3) is 7.33. The number of nitrogens with zero attached hydrogens (tertiary/aromatic N) is 2. The van der Waals surface area contributed by atoms with Crippen molar-refractivity contribution in [3.05, 3.63) is 30.3 Å². The van der Waals surface area contributed by atoms with E-state index in [4.69, 9.17) is 0 Å². The molecule has 0 unspecified atom stereocenters. The molecule has 26 heavy (non-hydrogen) atoms. The van der Waals surface area contributed by atoms with Crippen LogP contribution in [0.25, 0.3) is 0 Å². The van der Waals surface area contributed by atoms with Crippen LogP contribution in [0.1, 0.15) is 34.1 Å². The maximum atomic E-state index is 12.4. The second-order valence-corrected chi connectivity index (χ2v) is 8.64. The third-order valence-corrected chi connectivity index (χ3v) is 6.21. The molecule has 0 radical (unpaired) electrons. The van der Waals surface area contributed by atoms with Crippen molar-refractivity contribution in [3.63, 3.8) is 0 Å². The standard InChI is InChI=1S/C19H33N3O3S/c1-5-21(6-2)15-13-20-19(23)22(17(3)4)14-10-16-26(24,25)18-11-8-7-9-12-18/h7-9,11-12,17H,5-6,10,13-16H2,1-4H3,(H,20,23). The topological polar surface area (TPSA) is 69.7 Å². The van der Waals surface area contributed by atoms with Crippen molar-refractivity contribution in [2.75, 3.05) is 38.5 Å². The third-order valence-electron chi connectivity index (χ3n) is 4.40. The second-order valence-electron chi connectivity index (χ2n) is 6.53. The van der Waals surface area contributed by atoms with E-state index in [1.807, 2.05) is 13.8 Å². The molecule has 0 spiro atoms. The van der Waals surface area contributed by atoms with Crippen LogP contribution in [0.5, 0.6) is 0 Å². The Bertz CT molecular complexity index is 629.